The Hall–Kier alpha value is -2.50. The lowest BCUT2D eigenvalue weighted by Gasteiger charge is -2.06. The minimum absolute atomic E-state index is 0.205. The third kappa shape index (κ3) is 1.77. The Morgan fingerprint density at radius 3 is 3.06 bits per heavy atom. The molecule has 3 rings (SSSR count). The highest BCUT2D eigenvalue weighted by Crippen LogP contribution is 2.06. The zero-order valence-electron chi connectivity index (χ0n) is 9.88. The molecule has 3 heterocycles. The summed E-state index contributed by atoms with van der Waals surface area (Å²) in [6.07, 6.45) is 3.19. The number of hydrogen-bond acceptors (Lipinski definition) is 4. The van der Waals surface area contributed by atoms with E-state index >= 15 is 0 Å². The van der Waals surface area contributed by atoms with Gasteiger partial charge < -0.3 is 9.55 Å². The van der Waals surface area contributed by atoms with E-state index < -0.39 is 0 Å². The van der Waals surface area contributed by atoms with Gasteiger partial charge >= 0.3 is 0 Å². The number of nitrogens with zero attached hydrogens (tertiary/aromatic N) is 4. The molecule has 0 saturated heterocycles. The zero-order valence-corrected chi connectivity index (χ0v) is 9.88. The van der Waals surface area contributed by atoms with Crippen molar-refractivity contribution < 1.29 is 0 Å². The third-order valence-corrected chi connectivity index (χ3v) is 2.73. The van der Waals surface area contributed by atoms with Gasteiger partial charge in [0.15, 0.2) is 11.1 Å². The van der Waals surface area contributed by atoms with Crippen LogP contribution in [-0.4, -0.2) is 24.5 Å². The number of fused-ring (bicyclic) bond motifs is 1. The Bertz CT molecular complexity index is 754. The number of nitrogens with one attached hydrogen (secondary N) is 2. The first-order valence-electron chi connectivity index (χ1n) is 5.60. The van der Waals surface area contributed by atoms with Crippen molar-refractivity contribution in [1.82, 2.24) is 24.5 Å². The first-order chi connectivity index (χ1) is 8.74. The minimum Gasteiger partial charge on any atom is -0.340 e. The van der Waals surface area contributed by atoms with Crippen molar-refractivity contribution in [2.75, 3.05) is 0 Å². The van der Waals surface area contributed by atoms with Crippen LogP contribution in [0.4, 0.5) is 0 Å². The van der Waals surface area contributed by atoms with Gasteiger partial charge in [-0.05, 0) is 19.1 Å². The molecular formula is C12H12N6. The highest BCUT2D eigenvalue weighted by Gasteiger charge is 2.05. The van der Waals surface area contributed by atoms with E-state index in [9.17, 15) is 0 Å². The number of pyridine rings is 1. The molecule has 0 aliphatic heterocycles. The van der Waals surface area contributed by atoms with Crippen molar-refractivity contribution >= 4 is 11.2 Å². The van der Waals surface area contributed by atoms with Gasteiger partial charge in [-0.15, -0.1) is 0 Å². The van der Waals surface area contributed by atoms with E-state index in [1.165, 1.54) is 0 Å². The summed E-state index contributed by atoms with van der Waals surface area (Å²) in [5, 5.41) is 7.68. The maximum absolute atomic E-state index is 7.68. The predicted octanol–water partition coefficient (Wildman–Crippen LogP) is 0.991. The summed E-state index contributed by atoms with van der Waals surface area (Å²) < 4.78 is 1.88. The van der Waals surface area contributed by atoms with Crippen LogP contribution in [0.2, 0.25) is 0 Å². The molecule has 2 N–H and O–H groups in total. The molecule has 3 aromatic heterocycles. The largest absolute Gasteiger partial charge is 0.340 e. The maximum atomic E-state index is 7.68. The molecule has 0 saturated carbocycles. The summed E-state index contributed by atoms with van der Waals surface area (Å²) in [7, 11) is 0. The topological polar surface area (TPSA) is 83.2 Å². The van der Waals surface area contributed by atoms with E-state index in [0.717, 1.165) is 17.0 Å². The minimum atomic E-state index is 0.205. The van der Waals surface area contributed by atoms with Crippen molar-refractivity contribution in [3.8, 4) is 0 Å². The lowest BCUT2D eigenvalue weighted by Crippen LogP contribution is -2.13. The van der Waals surface area contributed by atoms with Crippen molar-refractivity contribution in [2.24, 2.45) is 0 Å². The second-order valence-corrected chi connectivity index (χ2v) is 4.09. The Kier molecular flexibility index (Phi) is 2.40. The maximum Gasteiger partial charge on any atom is 0.173 e. The van der Waals surface area contributed by atoms with Gasteiger partial charge in [0.2, 0.25) is 0 Å². The summed E-state index contributed by atoms with van der Waals surface area (Å²) >= 11 is 0. The van der Waals surface area contributed by atoms with Gasteiger partial charge in [-0.25, -0.2) is 9.97 Å². The van der Waals surface area contributed by atoms with Crippen molar-refractivity contribution in [1.29, 1.82) is 5.41 Å². The number of H-pyrrole nitrogens is 1. The average molecular weight is 240 g/mol. The summed E-state index contributed by atoms with van der Waals surface area (Å²) in [5.74, 6) is 0. The smallest absolute Gasteiger partial charge is 0.173 e. The quantitative estimate of drug-likeness (QED) is 0.700. The van der Waals surface area contributed by atoms with Gasteiger partial charge in [-0.1, -0.05) is 6.07 Å². The number of imidazole rings is 1. The van der Waals surface area contributed by atoms with Gasteiger partial charge in [0.1, 0.15) is 5.52 Å². The van der Waals surface area contributed by atoms with Crippen LogP contribution in [-0.2, 0) is 6.54 Å². The Morgan fingerprint density at radius 1 is 1.33 bits per heavy atom. The predicted molar refractivity (Wildman–Crippen MR) is 65.8 cm³/mol. The lowest BCUT2D eigenvalue weighted by atomic mass is 10.3. The molecule has 0 bridgehead atoms. The highest BCUT2D eigenvalue weighted by molar-refractivity contribution is 5.68. The van der Waals surface area contributed by atoms with Crippen LogP contribution in [0, 0.1) is 12.3 Å². The standard InChI is InChI=1S/C12H12N6/c1-8-3-2-4-9(17-8)5-18-7-16-11(13)10-12(18)15-6-14-10/h2-4,6-7,13H,5H2,1H3,(H,14,15). The molecule has 0 atom stereocenters. The normalized spacial score (nSPS) is 10.9. The number of aromatic nitrogens is 5. The van der Waals surface area contributed by atoms with Crippen molar-refractivity contribution in [2.45, 2.75) is 13.5 Å². The number of aryl methyl sites for hydroxylation is 1. The van der Waals surface area contributed by atoms with Crippen LogP contribution in [0.15, 0.2) is 30.9 Å². The lowest BCUT2D eigenvalue weighted by molar-refractivity contribution is 0.760. The molecule has 0 fully saturated rings. The number of rotatable bonds is 2. The van der Waals surface area contributed by atoms with E-state index in [1.54, 1.807) is 12.7 Å². The van der Waals surface area contributed by atoms with Gasteiger partial charge in [0, 0.05) is 5.69 Å². The Balaban J connectivity index is 2.08. The fourth-order valence-electron chi connectivity index (χ4n) is 1.90. The number of hydrogen-bond donors (Lipinski definition) is 2. The van der Waals surface area contributed by atoms with Gasteiger partial charge in [0.05, 0.1) is 24.9 Å². The molecule has 0 aliphatic rings. The molecule has 0 radical (unpaired) electrons. The zero-order chi connectivity index (χ0) is 12.5. The summed E-state index contributed by atoms with van der Waals surface area (Å²) in [5.41, 5.74) is 3.50. The molecule has 0 unspecified atom stereocenters. The molecular weight excluding hydrogens is 228 g/mol. The fourth-order valence-corrected chi connectivity index (χ4v) is 1.90. The molecule has 18 heavy (non-hydrogen) atoms. The Morgan fingerprint density at radius 2 is 2.22 bits per heavy atom. The fraction of sp³-hybridized carbons (Fsp3) is 0.167. The van der Waals surface area contributed by atoms with E-state index in [4.69, 9.17) is 5.41 Å². The van der Waals surface area contributed by atoms with Crippen LogP contribution >= 0.6 is 0 Å². The first kappa shape index (κ1) is 10.6. The SMILES string of the molecule is Cc1cccc(Cn2cnc(=N)c3[nH]cnc32)n1. The molecule has 0 aliphatic carbocycles. The van der Waals surface area contributed by atoms with Crippen molar-refractivity contribution in [3.05, 3.63) is 47.7 Å². The van der Waals surface area contributed by atoms with Gasteiger partial charge in [0.25, 0.3) is 0 Å². The molecule has 6 nitrogen and oxygen atoms in total. The molecule has 6 heteroatoms. The Labute approximate surface area is 103 Å². The third-order valence-electron chi connectivity index (χ3n) is 2.73. The van der Waals surface area contributed by atoms with Crippen LogP contribution in [0.3, 0.4) is 0 Å². The van der Waals surface area contributed by atoms with Crippen LogP contribution in [0.25, 0.3) is 11.2 Å². The van der Waals surface area contributed by atoms with Crippen LogP contribution in [0.5, 0.6) is 0 Å². The van der Waals surface area contributed by atoms with E-state index in [0.29, 0.717) is 12.1 Å². The van der Waals surface area contributed by atoms with Gasteiger partial charge in [-0.3, -0.25) is 10.4 Å². The monoisotopic (exact) mass is 240 g/mol. The summed E-state index contributed by atoms with van der Waals surface area (Å²) in [6, 6.07) is 5.91. The van der Waals surface area contributed by atoms with E-state index in [-0.39, 0.29) is 5.49 Å². The molecule has 0 spiro atoms. The second-order valence-electron chi connectivity index (χ2n) is 4.09. The van der Waals surface area contributed by atoms with Crippen LogP contribution < -0.4 is 5.49 Å². The highest BCUT2D eigenvalue weighted by atomic mass is 15.1. The second kappa shape index (κ2) is 4.06. The molecule has 0 amide bonds. The average Bonchev–Trinajstić information content (AvgIpc) is 2.83. The van der Waals surface area contributed by atoms with E-state index in [1.807, 2.05) is 29.7 Å². The first-order valence-corrected chi connectivity index (χ1v) is 5.60. The van der Waals surface area contributed by atoms with Crippen LogP contribution in [0.1, 0.15) is 11.4 Å². The molecule has 3 aromatic rings. The van der Waals surface area contributed by atoms with E-state index in [2.05, 4.69) is 19.9 Å². The molecule has 90 valence electrons. The summed E-state index contributed by atoms with van der Waals surface area (Å²) in [4.78, 5) is 15.6. The number of aromatic amines is 1. The molecule has 0 aromatic carbocycles. The van der Waals surface area contributed by atoms with Gasteiger partial charge in [-0.2, -0.15) is 0 Å². The van der Waals surface area contributed by atoms with Crippen molar-refractivity contribution in [3.63, 3.8) is 0 Å². The summed E-state index contributed by atoms with van der Waals surface area (Å²) in [6.45, 7) is 2.56.